The summed E-state index contributed by atoms with van der Waals surface area (Å²) in [5, 5.41) is 7.81. The molecule has 3 atom stereocenters. The van der Waals surface area contributed by atoms with Crippen LogP contribution in [0.2, 0.25) is 0 Å². The van der Waals surface area contributed by atoms with Crippen LogP contribution >= 0.6 is 0 Å². The fourth-order valence-electron chi connectivity index (χ4n) is 3.25. The Morgan fingerprint density at radius 2 is 2.31 bits per heavy atom. The van der Waals surface area contributed by atoms with Gasteiger partial charge >= 0.3 is 0 Å². The standard InChI is InChI=1S/C13H17N3/c14-10-5-4-9-2-1-3-11(12(9)6-10)13-7-15-8-16-13/h4-5,7-9,11-12,14H,1-3,6H2,(H,15,16). The van der Waals surface area contributed by atoms with Crippen molar-refractivity contribution >= 4 is 5.71 Å². The van der Waals surface area contributed by atoms with E-state index in [4.69, 9.17) is 5.41 Å². The minimum atomic E-state index is 0.576. The van der Waals surface area contributed by atoms with Gasteiger partial charge in [-0.25, -0.2) is 4.98 Å². The van der Waals surface area contributed by atoms with Crippen molar-refractivity contribution in [2.45, 2.75) is 31.6 Å². The molecule has 1 aromatic rings. The topological polar surface area (TPSA) is 52.5 Å². The molecule has 2 aliphatic carbocycles. The Morgan fingerprint density at radius 3 is 3.12 bits per heavy atom. The predicted molar refractivity (Wildman–Crippen MR) is 63.6 cm³/mol. The number of hydrogen-bond acceptors (Lipinski definition) is 2. The number of H-pyrrole nitrogens is 1. The van der Waals surface area contributed by atoms with Crippen LogP contribution in [0.15, 0.2) is 24.7 Å². The van der Waals surface area contributed by atoms with E-state index in [1.165, 1.54) is 25.0 Å². The van der Waals surface area contributed by atoms with Crippen molar-refractivity contribution in [3.8, 4) is 0 Å². The summed E-state index contributed by atoms with van der Waals surface area (Å²) in [6, 6.07) is 0. The Balaban J connectivity index is 1.89. The zero-order valence-corrected chi connectivity index (χ0v) is 9.32. The summed E-state index contributed by atoms with van der Waals surface area (Å²) in [5.41, 5.74) is 2.05. The van der Waals surface area contributed by atoms with Gasteiger partial charge in [0, 0.05) is 23.5 Å². The second-order valence-electron chi connectivity index (χ2n) is 4.96. The molecule has 0 bridgehead atoms. The molecule has 16 heavy (non-hydrogen) atoms. The Kier molecular flexibility index (Phi) is 2.39. The first kappa shape index (κ1) is 9.82. The number of nitrogens with zero attached hydrogens (tertiary/aromatic N) is 1. The van der Waals surface area contributed by atoms with Crippen molar-refractivity contribution in [2.24, 2.45) is 11.8 Å². The Morgan fingerprint density at radius 1 is 1.38 bits per heavy atom. The summed E-state index contributed by atoms with van der Waals surface area (Å²) < 4.78 is 0. The number of aromatic amines is 1. The highest BCUT2D eigenvalue weighted by atomic mass is 14.9. The fourth-order valence-corrected chi connectivity index (χ4v) is 3.25. The number of aromatic nitrogens is 2. The van der Waals surface area contributed by atoms with Crippen LogP contribution in [-0.4, -0.2) is 15.7 Å². The van der Waals surface area contributed by atoms with E-state index in [9.17, 15) is 0 Å². The minimum Gasteiger partial charge on any atom is -0.348 e. The number of hydrogen-bond donors (Lipinski definition) is 2. The summed E-state index contributed by atoms with van der Waals surface area (Å²) in [7, 11) is 0. The third kappa shape index (κ3) is 1.60. The van der Waals surface area contributed by atoms with Gasteiger partial charge in [0.15, 0.2) is 0 Å². The summed E-state index contributed by atoms with van der Waals surface area (Å²) >= 11 is 0. The summed E-state index contributed by atoms with van der Waals surface area (Å²) in [6.45, 7) is 0. The molecule has 1 saturated carbocycles. The van der Waals surface area contributed by atoms with Gasteiger partial charge in [-0.3, -0.25) is 0 Å². The van der Waals surface area contributed by atoms with Gasteiger partial charge in [0.1, 0.15) is 0 Å². The molecule has 0 saturated heterocycles. The number of nitrogens with one attached hydrogen (secondary N) is 2. The zero-order valence-electron chi connectivity index (χ0n) is 9.32. The van der Waals surface area contributed by atoms with E-state index in [1.54, 1.807) is 6.33 Å². The van der Waals surface area contributed by atoms with Crippen molar-refractivity contribution in [3.05, 3.63) is 30.4 Å². The average Bonchev–Trinajstić information content (AvgIpc) is 2.81. The predicted octanol–water partition coefficient (Wildman–Crippen LogP) is 2.89. The molecule has 2 N–H and O–H groups in total. The molecule has 1 heterocycles. The van der Waals surface area contributed by atoms with Gasteiger partial charge in [-0.1, -0.05) is 12.5 Å². The van der Waals surface area contributed by atoms with E-state index in [-0.39, 0.29) is 0 Å². The fraction of sp³-hybridized carbons (Fsp3) is 0.538. The third-order valence-electron chi connectivity index (χ3n) is 4.04. The number of rotatable bonds is 1. The second kappa shape index (κ2) is 3.89. The molecular formula is C13H17N3. The van der Waals surface area contributed by atoms with Crippen LogP contribution in [0.5, 0.6) is 0 Å². The van der Waals surface area contributed by atoms with Gasteiger partial charge in [-0.05, 0) is 37.2 Å². The van der Waals surface area contributed by atoms with Crippen LogP contribution in [0.3, 0.4) is 0 Å². The van der Waals surface area contributed by atoms with Crippen molar-refractivity contribution in [1.82, 2.24) is 9.97 Å². The zero-order chi connectivity index (χ0) is 11.0. The second-order valence-corrected chi connectivity index (χ2v) is 4.96. The minimum absolute atomic E-state index is 0.576. The molecule has 1 fully saturated rings. The lowest BCUT2D eigenvalue weighted by Crippen LogP contribution is -2.30. The Labute approximate surface area is 95.5 Å². The van der Waals surface area contributed by atoms with Gasteiger partial charge in [0.2, 0.25) is 0 Å². The van der Waals surface area contributed by atoms with Crippen molar-refractivity contribution in [1.29, 1.82) is 5.41 Å². The quantitative estimate of drug-likeness (QED) is 0.743. The Bertz CT molecular complexity index is 405. The molecule has 3 heteroatoms. The van der Waals surface area contributed by atoms with E-state index < -0.39 is 0 Å². The van der Waals surface area contributed by atoms with E-state index in [0.29, 0.717) is 17.8 Å². The maximum absolute atomic E-state index is 7.81. The number of allylic oxidation sites excluding steroid dienone is 2. The summed E-state index contributed by atoms with van der Waals surface area (Å²) in [5.74, 6) is 1.87. The first-order valence-corrected chi connectivity index (χ1v) is 6.08. The SMILES string of the molecule is N=C1C=CC2CCCC(c3cnc[nH]3)C2C1. The molecule has 84 valence electrons. The molecule has 0 spiro atoms. The number of imidazole rings is 1. The van der Waals surface area contributed by atoms with Crippen molar-refractivity contribution in [3.63, 3.8) is 0 Å². The van der Waals surface area contributed by atoms with Crippen molar-refractivity contribution in [2.75, 3.05) is 0 Å². The Hall–Kier alpha value is -1.38. The highest BCUT2D eigenvalue weighted by molar-refractivity contribution is 5.93. The molecule has 0 radical (unpaired) electrons. The molecule has 3 nitrogen and oxygen atoms in total. The van der Waals surface area contributed by atoms with Crippen LogP contribution in [0.4, 0.5) is 0 Å². The largest absolute Gasteiger partial charge is 0.348 e. The molecule has 2 aliphatic rings. The molecule has 0 amide bonds. The van der Waals surface area contributed by atoms with Crippen LogP contribution in [0.1, 0.15) is 37.3 Å². The van der Waals surface area contributed by atoms with Crippen LogP contribution in [0.25, 0.3) is 0 Å². The summed E-state index contributed by atoms with van der Waals surface area (Å²) in [6.07, 6.45) is 12.7. The lowest BCUT2D eigenvalue weighted by molar-refractivity contribution is 0.243. The highest BCUT2D eigenvalue weighted by Crippen LogP contribution is 2.44. The van der Waals surface area contributed by atoms with Crippen LogP contribution in [0, 0.1) is 17.2 Å². The molecule has 3 unspecified atom stereocenters. The highest BCUT2D eigenvalue weighted by Gasteiger charge is 2.35. The first-order chi connectivity index (χ1) is 7.84. The molecule has 0 aromatic carbocycles. The van der Waals surface area contributed by atoms with Gasteiger partial charge in [0.25, 0.3) is 0 Å². The van der Waals surface area contributed by atoms with E-state index >= 15 is 0 Å². The summed E-state index contributed by atoms with van der Waals surface area (Å²) in [4.78, 5) is 7.38. The van der Waals surface area contributed by atoms with Gasteiger partial charge in [-0.15, -0.1) is 0 Å². The van der Waals surface area contributed by atoms with E-state index in [1.807, 2.05) is 12.3 Å². The maximum Gasteiger partial charge on any atom is 0.0921 e. The van der Waals surface area contributed by atoms with E-state index in [0.717, 1.165) is 12.1 Å². The van der Waals surface area contributed by atoms with Gasteiger partial charge in [0.05, 0.1) is 6.33 Å². The normalized spacial score (nSPS) is 33.8. The third-order valence-corrected chi connectivity index (χ3v) is 4.04. The van der Waals surface area contributed by atoms with Crippen LogP contribution in [-0.2, 0) is 0 Å². The first-order valence-electron chi connectivity index (χ1n) is 6.08. The van der Waals surface area contributed by atoms with Crippen LogP contribution < -0.4 is 0 Å². The maximum atomic E-state index is 7.81. The lowest BCUT2D eigenvalue weighted by Gasteiger charge is -2.38. The van der Waals surface area contributed by atoms with Gasteiger partial charge in [-0.2, -0.15) is 0 Å². The van der Waals surface area contributed by atoms with Crippen molar-refractivity contribution < 1.29 is 0 Å². The smallest absolute Gasteiger partial charge is 0.0921 e. The lowest BCUT2D eigenvalue weighted by atomic mass is 9.67. The molecule has 3 rings (SSSR count). The molecule has 0 aliphatic heterocycles. The van der Waals surface area contributed by atoms with E-state index in [2.05, 4.69) is 16.0 Å². The molecule has 1 aromatic heterocycles. The monoisotopic (exact) mass is 215 g/mol. The average molecular weight is 215 g/mol. The van der Waals surface area contributed by atoms with Gasteiger partial charge < -0.3 is 10.4 Å². The molecular weight excluding hydrogens is 198 g/mol. The number of fused-ring (bicyclic) bond motifs is 1.